The standard InChI is InChI=1S/C22H25ClN4O3S/c23-18-9-3-1-7-16(18)19(27-13-5-6-14-27)15-25-21(28)11-12-24-22-17-8-2-4-10-20(17)31(29,30)26-22/h1-4,7-10,19H,5-6,11-15H2,(H,24,26)(H,25,28). The normalized spacial score (nSPS) is 19.7. The van der Waals surface area contributed by atoms with Crippen molar-refractivity contribution in [3.63, 3.8) is 0 Å². The SMILES string of the molecule is O=C(CCN=C1NS(=O)(=O)c2ccccc21)NCC(c1ccccc1Cl)N1CCCC1. The number of aliphatic imine (C=N–C) groups is 1. The van der Waals surface area contributed by atoms with Gasteiger partial charge in [0.05, 0.1) is 17.5 Å². The molecule has 164 valence electrons. The first-order valence-corrected chi connectivity index (χ1v) is 12.2. The molecule has 31 heavy (non-hydrogen) atoms. The second-order valence-corrected chi connectivity index (χ2v) is 9.72. The summed E-state index contributed by atoms with van der Waals surface area (Å²) in [5.41, 5.74) is 1.55. The fourth-order valence-electron chi connectivity index (χ4n) is 4.05. The Morgan fingerprint density at radius 1 is 1.13 bits per heavy atom. The van der Waals surface area contributed by atoms with Gasteiger partial charge in [-0.2, -0.15) is 0 Å². The number of likely N-dealkylation sites (tertiary alicyclic amines) is 1. The Labute approximate surface area is 187 Å². The van der Waals surface area contributed by atoms with Gasteiger partial charge in [0.15, 0.2) is 0 Å². The molecule has 2 N–H and O–H groups in total. The molecule has 2 heterocycles. The third kappa shape index (κ3) is 4.92. The van der Waals surface area contributed by atoms with Crippen LogP contribution in [0.3, 0.4) is 0 Å². The zero-order chi connectivity index (χ0) is 21.8. The molecule has 7 nitrogen and oxygen atoms in total. The quantitative estimate of drug-likeness (QED) is 0.664. The largest absolute Gasteiger partial charge is 0.354 e. The van der Waals surface area contributed by atoms with Gasteiger partial charge in [-0.05, 0) is 49.7 Å². The number of benzene rings is 2. The van der Waals surface area contributed by atoms with Crippen LogP contribution in [0.25, 0.3) is 0 Å². The molecular weight excluding hydrogens is 436 g/mol. The minimum atomic E-state index is -3.57. The molecule has 0 spiro atoms. The average molecular weight is 461 g/mol. The Hall–Kier alpha value is -2.42. The third-order valence-corrected chi connectivity index (χ3v) is 7.35. The van der Waals surface area contributed by atoms with Crippen LogP contribution in [0.4, 0.5) is 0 Å². The van der Waals surface area contributed by atoms with Crippen molar-refractivity contribution in [2.24, 2.45) is 4.99 Å². The lowest BCUT2D eigenvalue weighted by molar-refractivity contribution is -0.121. The highest BCUT2D eigenvalue weighted by Gasteiger charge is 2.30. The first kappa shape index (κ1) is 21.8. The van der Waals surface area contributed by atoms with Crippen LogP contribution in [0.15, 0.2) is 58.4 Å². The molecule has 2 aromatic carbocycles. The van der Waals surface area contributed by atoms with Crippen molar-refractivity contribution >= 4 is 33.4 Å². The van der Waals surface area contributed by atoms with Gasteiger partial charge in [-0.3, -0.25) is 19.4 Å². The summed E-state index contributed by atoms with van der Waals surface area (Å²) < 4.78 is 26.7. The van der Waals surface area contributed by atoms with Crippen LogP contribution in [-0.4, -0.2) is 51.2 Å². The number of nitrogens with zero attached hydrogens (tertiary/aromatic N) is 2. The number of nitrogens with one attached hydrogen (secondary N) is 2. The minimum absolute atomic E-state index is 0.0278. The molecule has 4 rings (SSSR count). The summed E-state index contributed by atoms with van der Waals surface area (Å²) >= 11 is 6.42. The van der Waals surface area contributed by atoms with Gasteiger partial charge in [0, 0.05) is 23.6 Å². The Balaban J connectivity index is 1.36. The number of rotatable bonds is 7. The van der Waals surface area contributed by atoms with Crippen molar-refractivity contribution in [2.45, 2.75) is 30.2 Å². The van der Waals surface area contributed by atoms with Crippen LogP contribution in [0.1, 0.15) is 36.4 Å². The smallest absolute Gasteiger partial charge is 0.263 e. The molecule has 1 unspecified atom stereocenters. The lowest BCUT2D eigenvalue weighted by Gasteiger charge is -2.29. The van der Waals surface area contributed by atoms with E-state index in [4.69, 9.17) is 11.6 Å². The predicted molar refractivity (Wildman–Crippen MR) is 121 cm³/mol. The van der Waals surface area contributed by atoms with E-state index in [2.05, 4.69) is 19.9 Å². The number of hydrogen-bond acceptors (Lipinski definition) is 5. The van der Waals surface area contributed by atoms with E-state index >= 15 is 0 Å². The van der Waals surface area contributed by atoms with E-state index < -0.39 is 10.0 Å². The maximum absolute atomic E-state index is 12.5. The molecule has 2 aromatic rings. The van der Waals surface area contributed by atoms with Crippen molar-refractivity contribution in [2.75, 3.05) is 26.2 Å². The van der Waals surface area contributed by atoms with Crippen LogP contribution < -0.4 is 10.0 Å². The maximum atomic E-state index is 12.5. The highest BCUT2D eigenvalue weighted by atomic mass is 35.5. The van der Waals surface area contributed by atoms with Crippen LogP contribution in [-0.2, 0) is 14.8 Å². The zero-order valence-corrected chi connectivity index (χ0v) is 18.6. The number of carbonyl (C=O) groups is 1. The topological polar surface area (TPSA) is 90.9 Å². The van der Waals surface area contributed by atoms with Crippen molar-refractivity contribution in [3.05, 3.63) is 64.7 Å². The molecule has 0 bridgehead atoms. The second-order valence-electron chi connectivity index (χ2n) is 7.67. The van der Waals surface area contributed by atoms with Gasteiger partial charge in [-0.25, -0.2) is 8.42 Å². The van der Waals surface area contributed by atoms with Crippen molar-refractivity contribution in [1.82, 2.24) is 14.9 Å². The monoisotopic (exact) mass is 460 g/mol. The summed E-state index contributed by atoms with van der Waals surface area (Å²) in [6, 6.07) is 14.4. The zero-order valence-electron chi connectivity index (χ0n) is 17.1. The number of hydrogen-bond donors (Lipinski definition) is 2. The number of sulfonamides is 1. The number of amidine groups is 1. The van der Waals surface area contributed by atoms with E-state index in [0.29, 0.717) is 17.1 Å². The van der Waals surface area contributed by atoms with E-state index in [-0.39, 0.29) is 35.6 Å². The van der Waals surface area contributed by atoms with E-state index in [1.807, 2.05) is 24.3 Å². The summed E-state index contributed by atoms with van der Waals surface area (Å²) in [6.45, 7) is 2.63. The molecule has 9 heteroatoms. The molecule has 2 aliphatic heterocycles. The molecule has 1 atom stereocenters. The number of fused-ring (bicyclic) bond motifs is 1. The average Bonchev–Trinajstić information content (AvgIpc) is 3.37. The molecule has 0 saturated carbocycles. The van der Waals surface area contributed by atoms with E-state index in [1.54, 1.807) is 24.3 Å². The fraction of sp³-hybridized carbons (Fsp3) is 0.364. The van der Waals surface area contributed by atoms with Crippen molar-refractivity contribution in [3.8, 4) is 0 Å². The van der Waals surface area contributed by atoms with Crippen LogP contribution in [0, 0.1) is 0 Å². The Morgan fingerprint density at radius 3 is 2.61 bits per heavy atom. The second kappa shape index (κ2) is 9.38. The van der Waals surface area contributed by atoms with Crippen molar-refractivity contribution in [1.29, 1.82) is 0 Å². The van der Waals surface area contributed by atoms with Crippen molar-refractivity contribution < 1.29 is 13.2 Å². The Kier molecular flexibility index (Phi) is 6.60. The van der Waals surface area contributed by atoms with Gasteiger partial charge < -0.3 is 5.32 Å². The lowest BCUT2D eigenvalue weighted by atomic mass is 10.1. The Morgan fingerprint density at radius 2 is 1.84 bits per heavy atom. The molecule has 2 aliphatic rings. The highest BCUT2D eigenvalue weighted by molar-refractivity contribution is 7.90. The fourth-order valence-corrected chi connectivity index (χ4v) is 5.57. The first-order chi connectivity index (χ1) is 15.0. The van der Waals surface area contributed by atoms with Gasteiger partial charge in [0.25, 0.3) is 10.0 Å². The summed E-state index contributed by atoms with van der Waals surface area (Å²) in [4.78, 5) is 19.3. The predicted octanol–water partition coefficient (Wildman–Crippen LogP) is 2.72. The number of carbonyl (C=O) groups excluding carboxylic acids is 1. The number of halogens is 1. The molecule has 0 aromatic heterocycles. The van der Waals surface area contributed by atoms with E-state index in [0.717, 1.165) is 31.5 Å². The van der Waals surface area contributed by atoms with Crippen LogP contribution >= 0.6 is 11.6 Å². The number of amides is 1. The highest BCUT2D eigenvalue weighted by Crippen LogP contribution is 2.29. The van der Waals surface area contributed by atoms with Crippen LogP contribution in [0.2, 0.25) is 5.02 Å². The van der Waals surface area contributed by atoms with E-state index in [1.165, 1.54) is 0 Å². The molecular formula is C22H25ClN4O3S. The summed E-state index contributed by atoms with van der Waals surface area (Å²) in [6.07, 6.45) is 2.45. The molecule has 1 amide bonds. The molecule has 1 saturated heterocycles. The van der Waals surface area contributed by atoms with Gasteiger partial charge in [-0.15, -0.1) is 0 Å². The molecule has 0 aliphatic carbocycles. The van der Waals surface area contributed by atoms with E-state index in [9.17, 15) is 13.2 Å². The Bertz CT molecular complexity index is 1100. The summed E-state index contributed by atoms with van der Waals surface area (Å²) in [5, 5.41) is 3.70. The van der Waals surface area contributed by atoms with Gasteiger partial charge in [0.2, 0.25) is 5.91 Å². The van der Waals surface area contributed by atoms with Gasteiger partial charge >= 0.3 is 0 Å². The summed E-state index contributed by atoms with van der Waals surface area (Å²) in [5.74, 6) is 0.157. The first-order valence-electron chi connectivity index (χ1n) is 10.4. The summed E-state index contributed by atoms with van der Waals surface area (Å²) in [7, 11) is -3.57. The lowest BCUT2D eigenvalue weighted by Crippen LogP contribution is -2.37. The maximum Gasteiger partial charge on any atom is 0.263 e. The minimum Gasteiger partial charge on any atom is -0.354 e. The molecule has 1 fully saturated rings. The third-order valence-electron chi connectivity index (χ3n) is 5.61. The molecule has 0 radical (unpaired) electrons. The van der Waals surface area contributed by atoms with Gasteiger partial charge in [-0.1, -0.05) is 41.9 Å². The van der Waals surface area contributed by atoms with Gasteiger partial charge in [0.1, 0.15) is 5.84 Å². The van der Waals surface area contributed by atoms with Crippen LogP contribution in [0.5, 0.6) is 0 Å².